The van der Waals surface area contributed by atoms with E-state index in [1.165, 1.54) is 55.6 Å². The fourth-order valence-corrected chi connectivity index (χ4v) is 9.78. The maximum atomic E-state index is 11.5. The van der Waals surface area contributed by atoms with Gasteiger partial charge in [-0.3, -0.25) is 9.59 Å². The van der Waals surface area contributed by atoms with Gasteiger partial charge in [-0.1, -0.05) is 38.5 Å². The minimum absolute atomic E-state index is 0.170. The van der Waals surface area contributed by atoms with Gasteiger partial charge in [-0.25, -0.2) is 48.9 Å². The SMILES string of the molecule is COc1ccnc(Oc2nn(C3CCCC[C@@H]3O)c3ncnc(N)c23)c1.Nc1ncnc2c1c(Oc1cc(=O)cc[nH]1)nn2[C@@H]1CCCC[C@@H]1O.Nc1ncnc2c1c(Oc1cc(=O)cc[nH]1)nn2[C@H]1CCCC[C@H]1O. The minimum Gasteiger partial charge on any atom is -0.497 e. The zero-order chi connectivity index (χ0) is 52.9. The van der Waals surface area contributed by atoms with Gasteiger partial charge in [0.15, 0.2) is 27.8 Å². The van der Waals surface area contributed by atoms with E-state index in [1.54, 1.807) is 39.5 Å². The number of nitrogens with two attached hydrogens (primary N) is 3. The van der Waals surface area contributed by atoms with Crippen molar-refractivity contribution in [2.75, 3.05) is 24.3 Å². The molecule has 0 saturated heterocycles. The molecule has 9 heterocycles. The van der Waals surface area contributed by atoms with Gasteiger partial charge in [0.25, 0.3) is 17.6 Å². The summed E-state index contributed by atoms with van der Waals surface area (Å²) in [6.45, 7) is 0. The lowest BCUT2D eigenvalue weighted by molar-refractivity contribution is 0.0706. The molecule has 0 bridgehead atoms. The molecule has 9 aromatic heterocycles. The lowest BCUT2D eigenvalue weighted by Gasteiger charge is -2.27. The maximum absolute atomic E-state index is 11.5. The molecule has 0 aromatic carbocycles. The van der Waals surface area contributed by atoms with Crippen molar-refractivity contribution >= 4 is 50.6 Å². The van der Waals surface area contributed by atoms with Crippen LogP contribution in [0.2, 0.25) is 0 Å². The van der Waals surface area contributed by atoms with E-state index in [2.05, 4.69) is 60.2 Å². The Bertz CT molecular complexity index is 3440. The lowest BCUT2D eigenvalue weighted by Crippen LogP contribution is -2.28. The van der Waals surface area contributed by atoms with Crippen LogP contribution in [0.5, 0.6) is 41.0 Å². The van der Waals surface area contributed by atoms with Crippen LogP contribution in [0.15, 0.2) is 83.6 Å². The van der Waals surface area contributed by atoms with Gasteiger partial charge >= 0.3 is 0 Å². The minimum atomic E-state index is -0.502. The third-order valence-electron chi connectivity index (χ3n) is 13.5. The summed E-state index contributed by atoms with van der Waals surface area (Å²) >= 11 is 0. The van der Waals surface area contributed by atoms with Crippen molar-refractivity contribution < 1.29 is 34.3 Å². The molecular formula is C49H56N18O9. The van der Waals surface area contributed by atoms with Crippen molar-refractivity contribution in [3.8, 4) is 41.0 Å². The zero-order valence-electron chi connectivity index (χ0n) is 41.2. The molecular weight excluding hydrogens is 985 g/mol. The first kappa shape index (κ1) is 50.7. The molecule has 396 valence electrons. The molecule has 3 aliphatic rings. The summed E-state index contributed by atoms with van der Waals surface area (Å²) < 4.78 is 27.5. The van der Waals surface area contributed by atoms with Crippen LogP contribution < -0.4 is 47.0 Å². The molecule has 27 nitrogen and oxygen atoms in total. The predicted octanol–water partition coefficient (Wildman–Crippen LogP) is 4.81. The van der Waals surface area contributed by atoms with Crippen LogP contribution in [-0.2, 0) is 0 Å². The smallest absolute Gasteiger partial charge is 0.253 e. The van der Waals surface area contributed by atoms with Gasteiger partial charge in [0.1, 0.15) is 58.3 Å². The van der Waals surface area contributed by atoms with Crippen molar-refractivity contribution in [1.29, 1.82) is 0 Å². The number of hydrogen-bond donors (Lipinski definition) is 8. The number of nitrogens with zero attached hydrogens (tertiary/aromatic N) is 13. The Morgan fingerprint density at radius 3 is 1.26 bits per heavy atom. The Morgan fingerprint density at radius 1 is 0.513 bits per heavy atom. The van der Waals surface area contributed by atoms with Gasteiger partial charge in [0.2, 0.25) is 17.6 Å². The highest BCUT2D eigenvalue weighted by atomic mass is 16.5. The average molecular weight is 1040 g/mol. The van der Waals surface area contributed by atoms with E-state index in [4.69, 9.17) is 36.1 Å². The summed E-state index contributed by atoms with van der Waals surface area (Å²) in [4.78, 5) is 57.8. The highest BCUT2D eigenvalue weighted by Gasteiger charge is 2.33. The van der Waals surface area contributed by atoms with Gasteiger partial charge in [0.05, 0.1) is 43.5 Å². The van der Waals surface area contributed by atoms with Crippen LogP contribution in [0.25, 0.3) is 33.1 Å². The molecule has 0 amide bonds. The summed E-state index contributed by atoms with van der Waals surface area (Å²) in [7, 11) is 1.57. The first-order valence-corrected chi connectivity index (χ1v) is 24.8. The number of methoxy groups -OCH3 is 1. The van der Waals surface area contributed by atoms with Crippen molar-refractivity contribution in [2.45, 2.75) is 113 Å². The van der Waals surface area contributed by atoms with E-state index in [1.807, 2.05) is 0 Å². The Hall–Kier alpha value is -8.82. The predicted molar refractivity (Wildman–Crippen MR) is 275 cm³/mol. The van der Waals surface area contributed by atoms with Crippen LogP contribution in [-0.4, -0.2) is 115 Å². The number of hydrogen-bond acceptors (Lipinski definition) is 22. The Kier molecular flexibility index (Phi) is 14.9. The second-order valence-electron chi connectivity index (χ2n) is 18.5. The maximum Gasteiger partial charge on any atom is 0.253 e. The number of aromatic nitrogens is 15. The topological polar surface area (TPSA) is 385 Å². The molecule has 9 aromatic rings. The second kappa shape index (κ2) is 22.3. The number of H-pyrrole nitrogens is 2. The number of nitrogen functional groups attached to an aromatic ring is 3. The molecule has 1 unspecified atom stereocenters. The van der Waals surface area contributed by atoms with Crippen molar-refractivity contribution in [2.24, 2.45) is 0 Å². The molecule has 3 aliphatic carbocycles. The molecule has 11 N–H and O–H groups in total. The molecule has 76 heavy (non-hydrogen) atoms. The second-order valence-corrected chi connectivity index (χ2v) is 18.5. The Labute approximate surface area is 431 Å². The number of pyridine rings is 3. The molecule has 6 atom stereocenters. The Balaban J connectivity index is 0.000000130. The van der Waals surface area contributed by atoms with Crippen molar-refractivity contribution in [3.63, 3.8) is 0 Å². The van der Waals surface area contributed by atoms with E-state index in [9.17, 15) is 24.9 Å². The third-order valence-corrected chi connectivity index (χ3v) is 13.5. The fraction of sp³-hybridized carbons (Fsp3) is 0.388. The normalized spacial score (nSPS) is 20.5. The van der Waals surface area contributed by atoms with E-state index in [0.29, 0.717) is 44.7 Å². The number of aliphatic hydroxyl groups is 3. The largest absolute Gasteiger partial charge is 0.497 e. The highest BCUT2D eigenvalue weighted by molar-refractivity contribution is 5.92. The number of aromatic amines is 2. The van der Waals surface area contributed by atoms with Crippen molar-refractivity contribution in [3.05, 3.63) is 94.4 Å². The highest BCUT2D eigenvalue weighted by Crippen LogP contribution is 2.40. The summed E-state index contributed by atoms with van der Waals surface area (Å²) in [5, 5.41) is 46.1. The van der Waals surface area contributed by atoms with Crippen LogP contribution in [0, 0.1) is 0 Å². The standard InChI is InChI=1S/C17H20N6O3.2C16H18N6O3/c1-25-10-6-7-19-13(8-10)26-17-14-15(18)20-9-21-16(14)23(22-17)11-4-2-3-5-12(11)24;2*17-14-13-15(20-8-19-14)22(10-3-1-2-4-11(10)24)21-16(13)25-12-7-9(23)5-6-18-12/h6-9,11-12,24H,2-5H2,1H3,(H2,18,20,21);2*5-8,10-11,24H,1-4H2,(H,18,23)(H2,17,19,20)/t11?,12-;2*10-,11+/m010/s1. The van der Waals surface area contributed by atoms with E-state index >= 15 is 0 Å². The van der Waals surface area contributed by atoms with Gasteiger partial charge in [-0.15, -0.1) is 15.3 Å². The van der Waals surface area contributed by atoms with Gasteiger partial charge in [-0.05, 0) is 44.6 Å². The first-order valence-electron chi connectivity index (χ1n) is 24.8. The number of ether oxygens (including phenoxy) is 4. The monoisotopic (exact) mass is 1040 g/mol. The molecule has 3 saturated carbocycles. The molecule has 27 heteroatoms. The number of aliphatic hydroxyl groups excluding tert-OH is 3. The molecule has 3 fully saturated rings. The number of nitrogens with one attached hydrogen (secondary N) is 2. The average Bonchev–Trinajstić information content (AvgIpc) is 4.15. The van der Waals surface area contributed by atoms with E-state index in [0.717, 1.165) is 77.0 Å². The zero-order valence-corrected chi connectivity index (χ0v) is 41.2. The third kappa shape index (κ3) is 10.7. The summed E-state index contributed by atoms with van der Waals surface area (Å²) in [6.07, 6.45) is 17.8. The van der Waals surface area contributed by atoms with Crippen LogP contribution >= 0.6 is 0 Å². The van der Waals surface area contributed by atoms with Crippen LogP contribution in [0.3, 0.4) is 0 Å². The Morgan fingerprint density at radius 2 is 0.895 bits per heavy atom. The first-order chi connectivity index (χ1) is 36.9. The van der Waals surface area contributed by atoms with E-state index in [-0.39, 0.29) is 75.8 Å². The summed E-state index contributed by atoms with van der Waals surface area (Å²) in [5.74, 6) is 2.82. The van der Waals surface area contributed by atoms with E-state index < -0.39 is 18.3 Å². The van der Waals surface area contributed by atoms with Gasteiger partial charge in [0, 0.05) is 48.9 Å². The number of fused-ring (bicyclic) bond motifs is 3. The molecule has 0 aliphatic heterocycles. The van der Waals surface area contributed by atoms with Crippen LogP contribution in [0.4, 0.5) is 17.5 Å². The summed E-state index contributed by atoms with van der Waals surface area (Å²) in [6, 6.07) is 8.23. The van der Waals surface area contributed by atoms with Gasteiger partial charge < -0.3 is 61.4 Å². The number of rotatable bonds is 10. The van der Waals surface area contributed by atoms with Gasteiger partial charge in [-0.2, -0.15) is 0 Å². The summed E-state index contributed by atoms with van der Waals surface area (Å²) in [5.41, 5.74) is 19.2. The van der Waals surface area contributed by atoms with Crippen molar-refractivity contribution in [1.82, 2.24) is 74.2 Å². The van der Waals surface area contributed by atoms with Crippen LogP contribution in [0.1, 0.15) is 95.2 Å². The fourth-order valence-electron chi connectivity index (χ4n) is 9.78. The quantitative estimate of drug-likeness (QED) is 0.0910. The molecule has 12 rings (SSSR count). The molecule has 0 spiro atoms. The number of anilines is 3. The molecule has 0 radical (unpaired) electrons. The lowest BCUT2D eigenvalue weighted by atomic mass is 9.93.